The van der Waals surface area contributed by atoms with Crippen molar-refractivity contribution in [2.75, 3.05) is 26.2 Å². The van der Waals surface area contributed by atoms with Gasteiger partial charge in [-0.15, -0.1) is 0 Å². The molecule has 0 bridgehead atoms. The summed E-state index contributed by atoms with van der Waals surface area (Å²) in [6.45, 7) is 1.08. The number of amides is 1. The van der Waals surface area contributed by atoms with E-state index in [0.717, 1.165) is 18.4 Å². The van der Waals surface area contributed by atoms with Crippen molar-refractivity contribution in [2.24, 2.45) is 0 Å². The van der Waals surface area contributed by atoms with Crippen LogP contribution in [0.4, 0.5) is 4.39 Å². The number of benzene rings is 1. The number of carbonyl (C=O) groups excluding carboxylic acids is 1. The summed E-state index contributed by atoms with van der Waals surface area (Å²) >= 11 is 0. The zero-order valence-corrected chi connectivity index (χ0v) is 18.4. The second-order valence-electron chi connectivity index (χ2n) is 8.55. The first-order valence-electron chi connectivity index (χ1n) is 10.9. The number of hydrogen-bond acceptors (Lipinski definition) is 4. The molecule has 1 aliphatic heterocycles. The van der Waals surface area contributed by atoms with Crippen molar-refractivity contribution in [3.63, 3.8) is 0 Å². The maximum Gasteiger partial charge on any atom is 0.245 e. The number of piperazine rings is 1. The summed E-state index contributed by atoms with van der Waals surface area (Å²) in [5.74, 6) is -0.361. The number of halogens is 1. The van der Waals surface area contributed by atoms with Crippen molar-refractivity contribution >= 4 is 27.0 Å². The Labute approximate surface area is 186 Å². The molecule has 1 saturated heterocycles. The van der Waals surface area contributed by atoms with Crippen molar-refractivity contribution in [3.05, 3.63) is 60.2 Å². The number of aromatic amines is 1. The molecule has 32 heavy (non-hydrogen) atoms. The van der Waals surface area contributed by atoms with Gasteiger partial charge in [-0.3, -0.25) is 4.79 Å². The minimum absolute atomic E-state index is 0.0195. The molecule has 3 aromatic rings. The van der Waals surface area contributed by atoms with Crippen LogP contribution in [0.5, 0.6) is 0 Å². The molecule has 3 heterocycles. The van der Waals surface area contributed by atoms with Gasteiger partial charge in [-0.1, -0.05) is 25.0 Å². The molecule has 0 atom stereocenters. The number of aromatic nitrogens is 2. The van der Waals surface area contributed by atoms with Crippen molar-refractivity contribution in [2.45, 2.75) is 36.0 Å². The van der Waals surface area contributed by atoms with E-state index in [1.54, 1.807) is 29.3 Å². The molecule has 0 radical (unpaired) electrons. The van der Waals surface area contributed by atoms with Crippen LogP contribution >= 0.6 is 0 Å². The van der Waals surface area contributed by atoms with E-state index in [1.165, 1.54) is 22.6 Å². The molecule has 168 valence electrons. The van der Waals surface area contributed by atoms with E-state index in [4.69, 9.17) is 0 Å². The lowest BCUT2D eigenvalue weighted by atomic mass is 9.77. The predicted octanol–water partition coefficient (Wildman–Crippen LogP) is 3.05. The van der Waals surface area contributed by atoms with E-state index in [-0.39, 0.29) is 29.7 Å². The van der Waals surface area contributed by atoms with Gasteiger partial charge in [-0.2, -0.15) is 4.31 Å². The highest BCUT2D eigenvalue weighted by molar-refractivity contribution is 7.89. The lowest BCUT2D eigenvalue weighted by molar-refractivity contribution is -0.138. The normalized spacial score (nSPS) is 19.5. The van der Waals surface area contributed by atoms with Crippen LogP contribution in [0.15, 0.2) is 53.7 Å². The van der Waals surface area contributed by atoms with Gasteiger partial charge in [0.2, 0.25) is 15.9 Å². The van der Waals surface area contributed by atoms with Crippen LogP contribution in [0, 0.1) is 5.82 Å². The molecule has 1 saturated carbocycles. The number of nitrogens with one attached hydrogen (secondary N) is 1. The number of nitrogens with zero attached hydrogens (tertiary/aromatic N) is 3. The summed E-state index contributed by atoms with van der Waals surface area (Å²) in [6.07, 6.45) is 6.31. The summed E-state index contributed by atoms with van der Waals surface area (Å²) in [6, 6.07) is 9.78. The van der Waals surface area contributed by atoms with Crippen molar-refractivity contribution in [3.8, 4) is 0 Å². The van der Waals surface area contributed by atoms with Gasteiger partial charge >= 0.3 is 0 Å². The lowest BCUT2D eigenvalue weighted by Gasteiger charge is -2.39. The van der Waals surface area contributed by atoms with Crippen LogP contribution in [0.1, 0.15) is 31.2 Å². The number of sulfonamides is 1. The number of carbonyl (C=O) groups is 1. The highest BCUT2D eigenvalue weighted by Gasteiger charge is 2.46. The Morgan fingerprint density at radius 2 is 1.81 bits per heavy atom. The zero-order chi connectivity index (χ0) is 22.3. The van der Waals surface area contributed by atoms with Crippen LogP contribution in [0.2, 0.25) is 0 Å². The second-order valence-corrected chi connectivity index (χ2v) is 10.5. The monoisotopic (exact) mass is 456 g/mol. The minimum atomic E-state index is -3.71. The molecule has 9 heteroatoms. The first kappa shape index (κ1) is 21.1. The molecular weight excluding hydrogens is 431 g/mol. The number of rotatable bonds is 4. The van der Waals surface area contributed by atoms with E-state index in [9.17, 15) is 17.6 Å². The Balaban J connectivity index is 1.35. The van der Waals surface area contributed by atoms with E-state index < -0.39 is 15.4 Å². The Morgan fingerprint density at radius 3 is 2.53 bits per heavy atom. The van der Waals surface area contributed by atoms with Gasteiger partial charge in [0, 0.05) is 44.0 Å². The molecule has 1 aromatic carbocycles. The molecule has 2 fully saturated rings. The molecule has 1 N–H and O–H groups in total. The molecule has 2 aliphatic rings. The maximum atomic E-state index is 13.9. The molecule has 1 aliphatic carbocycles. The van der Waals surface area contributed by atoms with E-state index >= 15 is 0 Å². The van der Waals surface area contributed by atoms with Gasteiger partial charge in [0.25, 0.3) is 0 Å². The fourth-order valence-electron chi connectivity index (χ4n) is 5.11. The molecule has 1 amide bonds. The third-order valence-corrected chi connectivity index (χ3v) is 8.74. The Morgan fingerprint density at radius 1 is 1.06 bits per heavy atom. The average Bonchev–Trinajstić information content (AvgIpc) is 3.47. The third-order valence-electron chi connectivity index (χ3n) is 6.80. The Hall–Kier alpha value is -2.78. The lowest BCUT2D eigenvalue weighted by Crippen LogP contribution is -2.55. The molecule has 0 unspecified atom stereocenters. The van der Waals surface area contributed by atoms with Crippen LogP contribution in [-0.2, 0) is 20.2 Å². The summed E-state index contributed by atoms with van der Waals surface area (Å²) < 4.78 is 41.8. The number of hydrogen-bond donors (Lipinski definition) is 1. The number of fused-ring (bicyclic) bond motifs is 1. The Kier molecular flexibility index (Phi) is 5.25. The van der Waals surface area contributed by atoms with Crippen LogP contribution in [-0.4, -0.2) is 59.7 Å². The first-order valence-corrected chi connectivity index (χ1v) is 12.3. The Bertz CT molecular complexity index is 1260. The van der Waals surface area contributed by atoms with Crippen LogP contribution in [0.3, 0.4) is 0 Å². The zero-order valence-electron chi connectivity index (χ0n) is 17.6. The van der Waals surface area contributed by atoms with E-state index in [2.05, 4.69) is 9.97 Å². The maximum absolute atomic E-state index is 13.9. The minimum Gasteiger partial charge on any atom is -0.345 e. The summed E-state index contributed by atoms with van der Waals surface area (Å²) in [5.41, 5.74) is 0.533. The number of H-pyrrole nitrogens is 1. The van der Waals surface area contributed by atoms with Gasteiger partial charge in [-0.25, -0.2) is 17.8 Å². The largest absolute Gasteiger partial charge is 0.345 e. The van der Waals surface area contributed by atoms with Gasteiger partial charge < -0.3 is 9.88 Å². The van der Waals surface area contributed by atoms with E-state index in [0.29, 0.717) is 37.0 Å². The summed E-state index contributed by atoms with van der Waals surface area (Å²) in [7, 11) is -3.71. The van der Waals surface area contributed by atoms with Crippen molar-refractivity contribution in [1.82, 2.24) is 19.2 Å². The molecule has 7 nitrogen and oxygen atoms in total. The van der Waals surface area contributed by atoms with Crippen LogP contribution in [0.25, 0.3) is 11.0 Å². The van der Waals surface area contributed by atoms with Crippen LogP contribution < -0.4 is 0 Å². The topological polar surface area (TPSA) is 86.4 Å². The second kappa shape index (κ2) is 7.97. The SMILES string of the molecule is O=C(N1CCN(S(=O)(=O)c2c[nH]c3ncccc23)CC1)C1(c2cccc(F)c2)CCCC1. The number of pyridine rings is 1. The predicted molar refractivity (Wildman–Crippen MR) is 118 cm³/mol. The molecule has 2 aromatic heterocycles. The van der Waals surface area contributed by atoms with Crippen molar-refractivity contribution in [1.29, 1.82) is 0 Å². The van der Waals surface area contributed by atoms with Gasteiger partial charge in [0.1, 0.15) is 16.4 Å². The van der Waals surface area contributed by atoms with Gasteiger partial charge in [0.05, 0.1) is 5.41 Å². The van der Waals surface area contributed by atoms with Gasteiger partial charge in [-0.05, 0) is 42.7 Å². The molecule has 5 rings (SSSR count). The smallest absolute Gasteiger partial charge is 0.245 e. The highest BCUT2D eigenvalue weighted by Crippen LogP contribution is 2.43. The highest BCUT2D eigenvalue weighted by atomic mass is 32.2. The standard InChI is InChI=1S/C23H25FN4O3S/c24-18-6-3-5-17(15-18)23(8-1-2-9-23)22(29)27-11-13-28(14-12-27)32(30,31)20-16-26-21-19(20)7-4-10-25-21/h3-7,10,15-16H,1-2,8-9,11-14H2,(H,25,26). The fraction of sp³-hybridized carbons (Fsp3) is 0.391. The van der Waals surface area contributed by atoms with Gasteiger partial charge in [0.15, 0.2) is 0 Å². The molecular formula is C23H25FN4O3S. The third kappa shape index (κ3) is 3.40. The molecule has 0 spiro atoms. The quantitative estimate of drug-likeness (QED) is 0.654. The average molecular weight is 457 g/mol. The van der Waals surface area contributed by atoms with E-state index in [1.807, 2.05) is 6.07 Å². The summed E-state index contributed by atoms with van der Waals surface area (Å²) in [4.78, 5) is 22.6. The van der Waals surface area contributed by atoms with Crippen molar-refractivity contribution < 1.29 is 17.6 Å². The summed E-state index contributed by atoms with van der Waals surface area (Å²) in [5, 5.41) is 0.557. The first-order chi connectivity index (χ1) is 15.4. The fourth-order valence-corrected chi connectivity index (χ4v) is 6.68.